The molecule has 1 heterocycles. The van der Waals surface area contributed by atoms with E-state index in [1.807, 2.05) is 0 Å². The Hall–Kier alpha value is -0.370. The third-order valence-electron chi connectivity index (χ3n) is 4.30. The highest BCUT2D eigenvalue weighted by Gasteiger charge is 2.60. The van der Waals surface area contributed by atoms with E-state index in [4.69, 9.17) is 12.6 Å². The normalized spacial score (nSPS) is 39.5. The van der Waals surface area contributed by atoms with E-state index in [0.29, 0.717) is 5.41 Å². The van der Waals surface area contributed by atoms with Gasteiger partial charge in [0.2, 0.25) is 0 Å². The highest BCUT2D eigenvalue weighted by atomic mass is 32.1. The van der Waals surface area contributed by atoms with Crippen molar-refractivity contribution in [1.29, 1.82) is 0 Å². The van der Waals surface area contributed by atoms with Crippen molar-refractivity contribution in [1.82, 2.24) is 4.98 Å². The number of rotatable bonds is 0. The molecule has 1 aromatic rings. The predicted molar refractivity (Wildman–Crippen MR) is 57.2 cm³/mol. The Kier molecular flexibility index (Phi) is 1.23. The van der Waals surface area contributed by atoms with Crippen molar-refractivity contribution in [2.45, 2.75) is 37.4 Å². The number of fused-ring (bicyclic) bond motifs is 5. The Labute approximate surface area is 84.3 Å². The number of aromatic nitrogens is 1. The van der Waals surface area contributed by atoms with Gasteiger partial charge in [-0.3, -0.25) is 0 Å². The Morgan fingerprint density at radius 1 is 1.54 bits per heavy atom. The number of nitrogens with one attached hydrogen (secondary N) is 1. The van der Waals surface area contributed by atoms with E-state index >= 15 is 0 Å². The van der Waals surface area contributed by atoms with E-state index < -0.39 is 0 Å². The van der Waals surface area contributed by atoms with Gasteiger partial charge in [0, 0.05) is 11.9 Å². The first-order chi connectivity index (χ1) is 6.07. The van der Waals surface area contributed by atoms with E-state index in [-0.39, 0.29) is 4.75 Å². The monoisotopic (exact) mass is 193 g/mol. The SMILES string of the molecule is CC1(C)[C@H]2CC[C@@]1(S)c1[nH]ccc12. The van der Waals surface area contributed by atoms with Gasteiger partial charge in [-0.25, -0.2) is 0 Å². The van der Waals surface area contributed by atoms with Crippen LogP contribution in [0.5, 0.6) is 0 Å². The Morgan fingerprint density at radius 2 is 2.31 bits per heavy atom. The molecule has 2 aliphatic carbocycles. The molecule has 2 bridgehead atoms. The Balaban J connectivity index is 2.30. The van der Waals surface area contributed by atoms with Gasteiger partial charge in [0.15, 0.2) is 0 Å². The molecule has 1 fully saturated rings. The standard InChI is InChI=1S/C11H15NS/c1-10(2)8-3-5-11(10,13)9-7(8)4-6-12-9/h4,6,8,12-13H,3,5H2,1-2H3/t8-,11+/m0/s1. The molecule has 0 saturated heterocycles. The third kappa shape index (κ3) is 0.653. The van der Waals surface area contributed by atoms with Crippen molar-refractivity contribution in [3.8, 4) is 0 Å². The van der Waals surface area contributed by atoms with E-state index in [2.05, 4.69) is 31.1 Å². The van der Waals surface area contributed by atoms with Crippen molar-refractivity contribution >= 4 is 12.6 Å². The van der Waals surface area contributed by atoms with Crippen LogP contribution in [0.15, 0.2) is 12.3 Å². The second-order valence-electron chi connectivity index (χ2n) is 4.98. The van der Waals surface area contributed by atoms with Gasteiger partial charge in [-0.1, -0.05) is 13.8 Å². The number of hydrogen-bond acceptors (Lipinski definition) is 1. The van der Waals surface area contributed by atoms with Gasteiger partial charge in [-0.15, -0.1) is 0 Å². The van der Waals surface area contributed by atoms with Crippen LogP contribution in [0.25, 0.3) is 0 Å². The van der Waals surface area contributed by atoms with Crippen LogP contribution in [0.4, 0.5) is 0 Å². The van der Waals surface area contributed by atoms with Gasteiger partial charge in [-0.05, 0) is 35.8 Å². The summed E-state index contributed by atoms with van der Waals surface area (Å²) in [6.07, 6.45) is 4.59. The maximum Gasteiger partial charge on any atom is 0.0587 e. The summed E-state index contributed by atoms with van der Waals surface area (Å²) in [6.45, 7) is 4.71. The minimum absolute atomic E-state index is 0.108. The second kappa shape index (κ2) is 2.00. The molecule has 0 spiro atoms. The van der Waals surface area contributed by atoms with Crippen LogP contribution in [-0.4, -0.2) is 4.98 Å². The van der Waals surface area contributed by atoms with Crippen LogP contribution in [0.1, 0.15) is 43.9 Å². The topological polar surface area (TPSA) is 15.8 Å². The zero-order valence-corrected chi connectivity index (χ0v) is 8.99. The molecule has 1 nitrogen and oxygen atoms in total. The van der Waals surface area contributed by atoms with Gasteiger partial charge in [0.25, 0.3) is 0 Å². The Morgan fingerprint density at radius 3 is 3.00 bits per heavy atom. The molecular weight excluding hydrogens is 178 g/mol. The minimum atomic E-state index is 0.108. The fraction of sp³-hybridized carbons (Fsp3) is 0.636. The molecular formula is C11H15NS. The first-order valence-electron chi connectivity index (χ1n) is 4.97. The van der Waals surface area contributed by atoms with E-state index in [1.165, 1.54) is 24.1 Å². The van der Waals surface area contributed by atoms with Gasteiger partial charge in [0.05, 0.1) is 4.75 Å². The van der Waals surface area contributed by atoms with Crippen LogP contribution in [-0.2, 0) is 4.75 Å². The number of hydrogen-bond donors (Lipinski definition) is 2. The largest absolute Gasteiger partial charge is 0.364 e. The van der Waals surface area contributed by atoms with Crippen molar-refractivity contribution < 1.29 is 0 Å². The molecule has 2 heteroatoms. The summed E-state index contributed by atoms with van der Waals surface area (Å²) in [5.41, 5.74) is 3.24. The molecule has 2 aliphatic rings. The van der Waals surface area contributed by atoms with Crippen LogP contribution >= 0.6 is 12.6 Å². The summed E-state index contributed by atoms with van der Waals surface area (Å²) in [6, 6.07) is 2.24. The molecule has 0 aromatic carbocycles. The summed E-state index contributed by atoms with van der Waals surface area (Å²) < 4.78 is 0.108. The summed E-state index contributed by atoms with van der Waals surface area (Å²) in [7, 11) is 0. The maximum atomic E-state index is 4.92. The molecule has 2 atom stereocenters. The van der Waals surface area contributed by atoms with Gasteiger partial charge < -0.3 is 4.98 Å². The number of aromatic amines is 1. The van der Waals surface area contributed by atoms with Gasteiger partial charge in [0.1, 0.15) is 0 Å². The molecule has 0 unspecified atom stereocenters. The molecule has 0 amide bonds. The van der Waals surface area contributed by atoms with Gasteiger partial charge in [-0.2, -0.15) is 12.6 Å². The summed E-state index contributed by atoms with van der Waals surface area (Å²) >= 11 is 4.92. The first-order valence-corrected chi connectivity index (χ1v) is 5.42. The smallest absolute Gasteiger partial charge is 0.0587 e. The Bertz CT molecular complexity index is 366. The fourth-order valence-electron chi connectivity index (χ4n) is 3.35. The van der Waals surface area contributed by atoms with Crippen molar-refractivity contribution in [2.24, 2.45) is 5.41 Å². The van der Waals surface area contributed by atoms with Crippen molar-refractivity contribution in [3.05, 3.63) is 23.5 Å². The average molecular weight is 193 g/mol. The fourth-order valence-corrected chi connectivity index (χ4v) is 3.82. The van der Waals surface area contributed by atoms with E-state index in [1.54, 1.807) is 0 Å². The van der Waals surface area contributed by atoms with Crippen LogP contribution < -0.4 is 0 Å². The molecule has 0 radical (unpaired) electrons. The van der Waals surface area contributed by atoms with Crippen LogP contribution in [0.2, 0.25) is 0 Å². The molecule has 13 heavy (non-hydrogen) atoms. The lowest BCUT2D eigenvalue weighted by Crippen LogP contribution is -2.29. The van der Waals surface area contributed by atoms with Gasteiger partial charge >= 0.3 is 0 Å². The first kappa shape index (κ1) is 7.98. The summed E-state index contributed by atoms with van der Waals surface area (Å²) in [5, 5.41) is 0. The third-order valence-corrected chi connectivity index (χ3v) is 5.32. The van der Waals surface area contributed by atoms with E-state index in [0.717, 1.165) is 5.92 Å². The van der Waals surface area contributed by atoms with Crippen LogP contribution in [0, 0.1) is 5.41 Å². The zero-order chi connectivity index (χ0) is 9.27. The molecule has 0 aliphatic heterocycles. The lowest BCUT2D eigenvalue weighted by molar-refractivity contribution is 0.297. The summed E-state index contributed by atoms with van der Waals surface area (Å²) in [4.78, 5) is 3.37. The summed E-state index contributed by atoms with van der Waals surface area (Å²) in [5.74, 6) is 0.728. The molecule has 1 saturated carbocycles. The lowest BCUT2D eigenvalue weighted by atomic mass is 9.79. The second-order valence-corrected chi connectivity index (χ2v) is 5.74. The molecule has 1 N–H and O–H groups in total. The molecule has 70 valence electrons. The van der Waals surface area contributed by atoms with Crippen molar-refractivity contribution in [2.75, 3.05) is 0 Å². The highest BCUT2D eigenvalue weighted by Crippen LogP contribution is 2.69. The highest BCUT2D eigenvalue weighted by molar-refractivity contribution is 7.81. The van der Waals surface area contributed by atoms with Crippen molar-refractivity contribution in [3.63, 3.8) is 0 Å². The number of H-pyrrole nitrogens is 1. The maximum absolute atomic E-state index is 4.92. The van der Waals surface area contributed by atoms with E-state index in [9.17, 15) is 0 Å². The zero-order valence-electron chi connectivity index (χ0n) is 8.09. The quantitative estimate of drug-likeness (QED) is 0.589. The number of thiol groups is 1. The average Bonchev–Trinajstić information content (AvgIpc) is 2.63. The lowest BCUT2D eigenvalue weighted by Gasteiger charge is -2.33. The minimum Gasteiger partial charge on any atom is -0.364 e. The molecule has 3 rings (SSSR count). The molecule has 1 aromatic heterocycles. The predicted octanol–water partition coefficient (Wildman–Crippen LogP) is 3.06. The van der Waals surface area contributed by atoms with Crippen LogP contribution in [0.3, 0.4) is 0 Å².